The van der Waals surface area contributed by atoms with Crippen LogP contribution in [0.4, 0.5) is 0 Å². The first-order chi connectivity index (χ1) is 7.02. The van der Waals surface area contributed by atoms with Gasteiger partial charge in [-0.05, 0) is 19.3 Å². The van der Waals surface area contributed by atoms with Gasteiger partial charge in [-0.2, -0.15) is 0 Å². The molecule has 15 heavy (non-hydrogen) atoms. The molecule has 0 aliphatic heterocycles. The lowest BCUT2D eigenvalue weighted by Crippen LogP contribution is -2.39. The number of aliphatic hydroxyl groups excluding tert-OH is 1. The number of esters is 1. The minimum atomic E-state index is -1.06. The fraction of sp³-hybridized carbons (Fsp3) is 0.900. The van der Waals surface area contributed by atoms with E-state index in [1.165, 1.54) is 0 Å². The molecule has 0 bridgehead atoms. The minimum absolute atomic E-state index is 0.223. The fourth-order valence-electron chi connectivity index (χ4n) is 1.67. The maximum atomic E-state index is 11.7. The Labute approximate surface area is 92.2 Å². The van der Waals surface area contributed by atoms with E-state index in [4.69, 9.17) is 4.74 Å². The van der Waals surface area contributed by atoms with E-state index < -0.39 is 19.8 Å². The molecule has 0 fully saturated rings. The number of carbonyl (C=O) groups is 1. The van der Waals surface area contributed by atoms with E-state index in [2.05, 4.69) is 0 Å². The molecule has 0 heterocycles. The predicted octanol–water partition coefficient (Wildman–Crippen LogP) is 1.33. The van der Waals surface area contributed by atoms with Crippen LogP contribution in [0.15, 0.2) is 0 Å². The highest BCUT2D eigenvalue weighted by Gasteiger charge is 2.39. The van der Waals surface area contributed by atoms with Crippen molar-refractivity contribution in [1.29, 1.82) is 0 Å². The van der Waals surface area contributed by atoms with Crippen molar-refractivity contribution in [2.24, 2.45) is 11.3 Å². The van der Waals surface area contributed by atoms with Gasteiger partial charge >= 0.3 is 5.97 Å². The number of hydrogen-bond donors (Lipinski definition) is 1. The van der Waals surface area contributed by atoms with Gasteiger partial charge in [-0.3, -0.25) is 4.79 Å². The summed E-state index contributed by atoms with van der Waals surface area (Å²) in [5.41, 5.74) is -0.957. The van der Waals surface area contributed by atoms with Crippen LogP contribution >= 0.6 is 8.46 Å². The normalized spacial score (nSPS) is 15.8. The molecule has 0 saturated heterocycles. The van der Waals surface area contributed by atoms with Crippen molar-refractivity contribution in [2.45, 2.75) is 27.2 Å². The highest BCUT2D eigenvalue weighted by molar-refractivity contribution is 7.23. The molecular formula is C10H21O4P. The Morgan fingerprint density at radius 1 is 1.53 bits per heavy atom. The summed E-state index contributed by atoms with van der Waals surface area (Å²) < 4.78 is 15.7. The average molecular weight is 236 g/mol. The Morgan fingerprint density at radius 3 is 2.47 bits per heavy atom. The molecular weight excluding hydrogens is 215 g/mol. The van der Waals surface area contributed by atoms with Crippen LogP contribution in [0.2, 0.25) is 0 Å². The molecule has 0 aliphatic rings. The largest absolute Gasteiger partial charge is 0.465 e. The van der Waals surface area contributed by atoms with Gasteiger partial charge in [0.25, 0.3) is 0 Å². The van der Waals surface area contributed by atoms with Crippen molar-refractivity contribution < 1.29 is 19.2 Å². The zero-order valence-electron chi connectivity index (χ0n) is 9.66. The Hall–Kier alpha value is -0.340. The highest BCUT2D eigenvalue weighted by Crippen LogP contribution is 2.31. The third-order valence-electron chi connectivity index (χ3n) is 2.28. The molecule has 2 unspecified atom stereocenters. The van der Waals surface area contributed by atoms with E-state index in [9.17, 15) is 14.5 Å². The van der Waals surface area contributed by atoms with Crippen molar-refractivity contribution >= 4 is 14.4 Å². The van der Waals surface area contributed by atoms with Gasteiger partial charge in [0, 0.05) is 6.16 Å². The van der Waals surface area contributed by atoms with Crippen molar-refractivity contribution in [1.82, 2.24) is 0 Å². The van der Waals surface area contributed by atoms with Crippen LogP contribution < -0.4 is 0 Å². The molecule has 0 radical (unpaired) electrons. The first kappa shape index (κ1) is 14.7. The molecule has 0 aliphatic carbocycles. The van der Waals surface area contributed by atoms with Crippen LogP contribution in [0.25, 0.3) is 0 Å². The summed E-state index contributed by atoms with van der Waals surface area (Å²) in [6, 6.07) is 0. The van der Waals surface area contributed by atoms with Gasteiger partial charge in [-0.1, -0.05) is 13.8 Å². The van der Waals surface area contributed by atoms with Gasteiger partial charge in [0.1, 0.15) is 0 Å². The zero-order valence-corrected chi connectivity index (χ0v) is 10.8. The van der Waals surface area contributed by atoms with Gasteiger partial charge in [-0.25, -0.2) is 0 Å². The Bertz CT molecular complexity index is 217. The molecule has 1 N–H and O–H groups in total. The van der Waals surface area contributed by atoms with Gasteiger partial charge in [-0.15, -0.1) is 0 Å². The Morgan fingerprint density at radius 2 is 2.13 bits per heavy atom. The molecule has 2 atom stereocenters. The van der Waals surface area contributed by atoms with Gasteiger partial charge in [0.2, 0.25) is 0 Å². The standard InChI is InChI=1S/C10H21O4P/c1-4-14-9(12)10(6-11,7-15-13)5-8(2)3/h8,11H,4-7,15H2,1-3H3. The summed E-state index contributed by atoms with van der Waals surface area (Å²) in [5, 5.41) is 9.33. The summed E-state index contributed by atoms with van der Waals surface area (Å²) in [6.07, 6.45) is 0.734. The van der Waals surface area contributed by atoms with Gasteiger partial charge in [0.15, 0.2) is 0 Å². The number of hydrogen-bond acceptors (Lipinski definition) is 4. The molecule has 0 aromatic heterocycles. The number of ether oxygens (including phenoxy) is 1. The molecule has 0 spiro atoms. The smallest absolute Gasteiger partial charge is 0.314 e. The third kappa shape index (κ3) is 4.35. The van der Waals surface area contributed by atoms with Crippen LogP contribution in [0.3, 0.4) is 0 Å². The molecule has 5 heteroatoms. The summed E-state index contributed by atoms with van der Waals surface area (Å²) in [5.74, 6) is -0.169. The van der Waals surface area contributed by atoms with Crippen LogP contribution in [0.5, 0.6) is 0 Å². The zero-order chi connectivity index (χ0) is 11.9. The van der Waals surface area contributed by atoms with E-state index in [0.29, 0.717) is 6.42 Å². The molecule has 0 amide bonds. The summed E-state index contributed by atoms with van der Waals surface area (Å²) in [4.78, 5) is 11.7. The van der Waals surface area contributed by atoms with E-state index in [1.807, 2.05) is 13.8 Å². The van der Waals surface area contributed by atoms with E-state index in [0.717, 1.165) is 0 Å². The third-order valence-corrected chi connectivity index (χ3v) is 3.23. The minimum Gasteiger partial charge on any atom is -0.465 e. The number of rotatable bonds is 7. The maximum absolute atomic E-state index is 11.7. The molecule has 0 aromatic carbocycles. The molecule has 90 valence electrons. The molecule has 0 aromatic rings. The van der Waals surface area contributed by atoms with Crippen molar-refractivity contribution in [3.8, 4) is 0 Å². The lowest BCUT2D eigenvalue weighted by molar-refractivity contribution is -0.157. The Kier molecular flexibility index (Phi) is 6.86. The fourth-order valence-corrected chi connectivity index (χ4v) is 2.45. The second-order valence-corrected chi connectivity index (χ2v) is 4.87. The monoisotopic (exact) mass is 236 g/mol. The van der Waals surface area contributed by atoms with Crippen LogP contribution in [0, 0.1) is 11.3 Å². The van der Waals surface area contributed by atoms with E-state index in [-0.39, 0.29) is 25.3 Å². The Balaban J connectivity index is 4.77. The van der Waals surface area contributed by atoms with Crippen LogP contribution in [-0.4, -0.2) is 30.5 Å². The molecule has 4 nitrogen and oxygen atoms in total. The summed E-state index contributed by atoms with van der Waals surface area (Å²) >= 11 is 0. The maximum Gasteiger partial charge on any atom is 0.314 e. The van der Waals surface area contributed by atoms with Crippen molar-refractivity contribution in [3.63, 3.8) is 0 Å². The SMILES string of the molecule is CCOC(=O)C(CO)(C[PH2]=O)CC(C)C. The molecule has 0 saturated carbocycles. The lowest BCUT2D eigenvalue weighted by Gasteiger charge is -2.29. The van der Waals surface area contributed by atoms with Gasteiger partial charge in [0.05, 0.1) is 27.1 Å². The van der Waals surface area contributed by atoms with Crippen LogP contribution in [0.1, 0.15) is 27.2 Å². The number of carbonyl (C=O) groups excluding carboxylic acids is 1. The summed E-state index contributed by atoms with van der Waals surface area (Å²) in [6.45, 7) is 5.64. The lowest BCUT2D eigenvalue weighted by atomic mass is 9.82. The number of aliphatic hydroxyl groups is 1. The highest BCUT2D eigenvalue weighted by atomic mass is 31.1. The second kappa shape index (κ2) is 7.02. The van der Waals surface area contributed by atoms with Crippen LogP contribution in [-0.2, 0) is 14.1 Å². The quantitative estimate of drug-likeness (QED) is 0.535. The first-order valence-electron chi connectivity index (χ1n) is 5.24. The molecule has 0 rings (SSSR count). The van der Waals surface area contributed by atoms with E-state index >= 15 is 0 Å². The topological polar surface area (TPSA) is 63.6 Å². The van der Waals surface area contributed by atoms with Crippen molar-refractivity contribution in [2.75, 3.05) is 19.4 Å². The first-order valence-corrected chi connectivity index (χ1v) is 6.53. The predicted molar refractivity (Wildman–Crippen MR) is 60.9 cm³/mol. The van der Waals surface area contributed by atoms with Gasteiger partial charge < -0.3 is 14.4 Å². The second-order valence-electron chi connectivity index (χ2n) is 4.13. The van der Waals surface area contributed by atoms with Crippen molar-refractivity contribution in [3.05, 3.63) is 0 Å². The summed E-state index contributed by atoms with van der Waals surface area (Å²) in [7, 11) is -1.06. The average Bonchev–Trinajstić information content (AvgIpc) is 2.16. The van der Waals surface area contributed by atoms with E-state index in [1.54, 1.807) is 6.92 Å².